The van der Waals surface area contributed by atoms with Crippen LogP contribution in [0, 0.1) is 5.92 Å². The molecule has 1 unspecified atom stereocenters. The van der Waals surface area contributed by atoms with E-state index in [1.807, 2.05) is 18.2 Å². The van der Waals surface area contributed by atoms with Gasteiger partial charge >= 0.3 is 0 Å². The largest absolute Gasteiger partial charge is 0.396 e. The van der Waals surface area contributed by atoms with Crippen LogP contribution in [-0.2, 0) is 0 Å². The molecule has 19 heavy (non-hydrogen) atoms. The van der Waals surface area contributed by atoms with Crippen molar-refractivity contribution < 1.29 is 9.90 Å². The minimum atomic E-state index is 0.0789. The van der Waals surface area contributed by atoms with Crippen molar-refractivity contribution in [3.8, 4) is 0 Å². The number of hydrogen-bond donors (Lipinski definition) is 1. The minimum Gasteiger partial charge on any atom is -0.396 e. The smallest absolute Gasteiger partial charge is 0.160 e. The van der Waals surface area contributed by atoms with E-state index in [9.17, 15) is 4.79 Å². The lowest BCUT2D eigenvalue weighted by Crippen LogP contribution is -2.35. The topological polar surface area (TPSA) is 40.5 Å². The van der Waals surface area contributed by atoms with E-state index in [1.165, 1.54) is 6.42 Å². The number of rotatable bonds is 4. The number of aliphatic hydroxyl groups is 1. The molecule has 0 aromatic heterocycles. The Bertz CT molecular complexity index is 459. The van der Waals surface area contributed by atoms with E-state index >= 15 is 0 Å². The molecule has 1 aliphatic heterocycles. The predicted octanol–water partition coefficient (Wildman–Crippen LogP) is 3.25. The van der Waals surface area contributed by atoms with Crippen molar-refractivity contribution in [1.29, 1.82) is 0 Å². The molecule has 1 aromatic carbocycles. The van der Waals surface area contributed by atoms with Gasteiger partial charge < -0.3 is 10.0 Å². The van der Waals surface area contributed by atoms with Crippen LogP contribution in [-0.4, -0.2) is 30.6 Å². The average Bonchev–Trinajstić information content (AvgIpc) is 2.39. The summed E-state index contributed by atoms with van der Waals surface area (Å²) in [6, 6.07) is 5.93. The third kappa shape index (κ3) is 3.57. The van der Waals surface area contributed by atoms with Gasteiger partial charge in [0.05, 0.1) is 0 Å². The van der Waals surface area contributed by atoms with Gasteiger partial charge in [-0.3, -0.25) is 4.79 Å². The number of anilines is 1. The molecule has 0 amide bonds. The molecule has 3 nitrogen and oxygen atoms in total. The van der Waals surface area contributed by atoms with Crippen molar-refractivity contribution in [2.24, 2.45) is 5.92 Å². The maximum Gasteiger partial charge on any atom is 0.160 e. The third-order valence-electron chi connectivity index (χ3n) is 3.75. The lowest BCUT2D eigenvalue weighted by atomic mass is 9.94. The number of aliphatic hydroxyl groups excluding tert-OH is 1. The fraction of sp³-hybridized carbons (Fsp3) is 0.533. The molecule has 1 atom stereocenters. The standard InChI is InChI=1S/C15H20BrNO2/c1-11(19)14-5-4-13(9-15(14)16)17-7-2-3-12(10-17)6-8-18/h4-5,9,12,18H,2-3,6-8,10H2,1H3. The molecule has 4 heteroatoms. The molecule has 1 fully saturated rings. The summed E-state index contributed by atoms with van der Waals surface area (Å²) in [5.74, 6) is 0.653. The van der Waals surface area contributed by atoms with E-state index in [0.29, 0.717) is 5.92 Å². The van der Waals surface area contributed by atoms with Crippen LogP contribution in [0.3, 0.4) is 0 Å². The Morgan fingerprint density at radius 3 is 2.95 bits per heavy atom. The zero-order valence-electron chi connectivity index (χ0n) is 11.2. The first-order chi connectivity index (χ1) is 9.11. The van der Waals surface area contributed by atoms with Crippen LogP contribution in [0.4, 0.5) is 5.69 Å². The van der Waals surface area contributed by atoms with E-state index < -0.39 is 0 Å². The minimum absolute atomic E-state index is 0.0789. The molecular weight excluding hydrogens is 306 g/mol. The van der Waals surface area contributed by atoms with Gasteiger partial charge in [0.25, 0.3) is 0 Å². The van der Waals surface area contributed by atoms with Gasteiger partial charge in [0.15, 0.2) is 5.78 Å². The summed E-state index contributed by atoms with van der Waals surface area (Å²) in [6.07, 6.45) is 3.24. The number of carbonyl (C=O) groups excluding carboxylic acids is 1. The Hall–Kier alpha value is -0.870. The van der Waals surface area contributed by atoms with Gasteiger partial charge in [0.1, 0.15) is 0 Å². The van der Waals surface area contributed by atoms with Gasteiger partial charge in [-0.25, -0.2) is 0 Å². The first kappa shape index (κ1) is 14.5. The number of nitrogens with zero attached hydrogens (tertiary/aromatic N) is 1. The SMILES string of the molecule is CC(=O)c1ccc(N2CCCC(CCO)C2)cc1Br. The maximum atomic E-state index is 11.4. The number of carbonyl (C=O) groups is 1. The second-order valence-corrected chi connectivity index (χ2v) is 6.04. The molecule has 0 saturated carbocycles. The summed E-state index contributed by atoms with van der Waals surface area (Å²) in [7, 11) is 0. The van der Waals surface area contributed by atoms with Crippen molar-refractivity contribution in [1.82, 2.24) is 0 Å². The van der Waals surface area contributed by atoms with Crippen LogP contribution in [0.1, 0.15) is 36.5 Å². The summed E-state index contributed by atoms with van der Waals surface area (Å²) in [4.78, 5) is 13.8. The van der Waals surface area contributed by atoms with Gasteiger partial charge in [-0.05, 0) is 66.2 Å². The van der Waals surface area contributed by atoms with Crippen LogP contribution in [0.5, 0.6) is 0 Å². The average molecular weight is 326 g/mol. The molecule has 1 aromatic rings. The molecule has 1 aliphatic rings. The molecule has 0 bridgehead atoms. The number of benzene rings is 1. The van der Waals surface area contributed by atoms with Gasteiger partial charge in [-0.15, -0.1) is 0 Å². The molecule has 0 aliphatic carbocycles. The highest BCUT2D eigenvalue weighted by molar-refractivity contribution is 9.10. The highest BCUT2D eigenvalue weighted by Gasteiger charge is 2.20. The second kappa shape index (κ2) is 6.53. The van der Waals surface area contributed by atoms with E-state index in [4.69, 9.17) is 5.11 Å². The monoisotopic (exact) mass is 325 g/mol. The lowest BCUT2D eigenvalue weighted by Gasteiger charge is -2.34. The molecular formula is C15H20BrNO2. The van der Waals surface area contributed by atoms with E-state index in [0.717, 1.165) is 41.7 Å². The van der Waals surface area contributed by atoms with E-state index in [-0.39, 0.29) is 12.4 Å². The Morgan fingerprint density at radius 2 is 2.32 bits per heavy atom. The van der Waals surface area contributed by atoms with Crippen molar-refractivity contribution in [3.63, 3.8) is 0 Å². The zero-order chi connectivity index (χ0) is 13.8. The number of ketones is 1. The van der Waals surface area contributed by atoms with Gasteiger partial charge in [-0.1, -0.05) is 0 Å². The number of hydrogen-bond acceptors (Lipinski definition) is 3. The maximum absolute atomic E-state index is 11.4. The number of piperidine rings is 1. The van der Waals surface area contributed by atoms with Crippen LogP contribution in [0.25, 0.3) is 0 Å². The normalized spacial score (nSPS) is 19.5. The van der Waals surface area contributed by atoms with Crippen LogP contribution in [0.15, 0.2) is 22.7 Å². The van der Waals surface area contributed by atoms with Crippen LogP contribution >= 0.6 is 15.9 Å². The van der Waals surface area contributed by atoms with E-state index in [2.05, 4.69) is 20.8 Å². The molecule has 2 rings (SSSR count). The summed E-state index contributed by atoms with van der Waals surface area (Å²) in [6.45, 7) is 3.89. The Balaban J connectivity index is 2.13. The molecule has 104 valence electrons. The van der Waals surface area contributed by atoms with Crippen molar-refractivity contribution in [3.05, 3.63) is 28.2 Å². The highest BCUT2D eigenvalue weighted by Crippen LogP contribution is 2.28. The fourth-order valence-corrected chi connectivity index (χ4v) is 3.35. The van der Waals surface area contributed by atoms with Crippen molar-refractivity contribution >= 4 is 27.4 Å². The van der Waals surface area contributed by atoms with Gasteiger partial charge in [0.2, 0.25) is 0 Å². The summed E-state index contributed by atoms with van der Waals surface area (Å²) in [5.41, 5.74) is 1.88. The summed E-state index contributed by atoms with van der Waals surface area (Å²) >= 11 is 3.47. The summed E-state index contributed by atoms with van der Waals surface area (Å²) in [5, 5.41) is 9.05. The predicted molar refractivity (Wildman–Crippen MR) is 80.8 cm³/mol. The number of halogens is 1. The van der Waals surface area contributed by atoms with Gasteiger partial charge in [-0.2, -0.15) is 0 Å². The Kier molecular flexibility index (Phi) is 4.99. The number of Topliss-reactive ketones (excluding diaryl/α,β-unsaturated/α-hetero) is 1. The molecule has 1 heterocycles. The Morgan fingerprint density at radius 1 is 1.53 bits per heavy atom. The lowest BCUT2D eigenvalue weighted by molar-refractivity contribution is 0.101. The van der Waals surface area contributed by atoms with Crippen molar-refractivity contribution in [2.75, 3.05) is 24.6 Å². The Labute approximate surface area is 122 Å². The molecule has 1 N–H and O–H groups in total. The van der Waals surface area contributed by atoms with E-state index in [1.54, 1.807) is 6.92 Å². The zero-order valence-corrected chi connectivity index (χ0v) is 12.8. The van der Waals surface area contributed by atoms with Crippen LogP contribution in [0.2, 0.25) is 0 Å². The first-order valence-electron chi connectivity index (χ1n) is 6.78. The quantitative estimate of drug-likeness (QED) is 0.864. The highest BCUT2D eigenvalue weighted by atomic mass is 79.9. The van der Waals surface area contributed by atoms with Crippen molar-refractivity contribution in [2.45, 2.75) is 26.2 Å². The fourth-order valence-electron chi connectivity index (χ4n) is 2.70. The van der Waals surface area contributed by atoms with Gasteiger partial charge in [0, 0.05) is 35.4 Å². The van der Waals surface area contributed by atoms with Crippen LogP contribution < -0.4 is 4.90 Å². The third-order valence-corrected chi connectivity index (χ3v) is 4.41. The molecule has 0 spiro atoms. The molecule has 1 saturated heterocycles. The first-order valence-corrected chi connectivity index (χ1v) is 7.57. The second-order valence-electron chi connectivity index (χ2n) is 5.19. The molecule has 0 radical (unpaired) electrons. The summed E-state index contributed by atoms with van der Waals surface area (Å²) < 4.78 is 0.863.